The number of amides is 1. The summed E-state index contributed by atoms with van der Waals surface area (Å²) in [7, 11) is 0. The lowest BCUT2D eigenvalue weighted by atomic mass is 10.0. The SMILES string of the molecule is CCCCCCCCCCCCCCCCCCOC1CN(C(=O)OCCC(C)C)CC1OCCCCCCCCCCCCCCCCCC. The molecule has 5 nitrogen and oxygen atoms in total. The zero-order chi connectivity index (χ0) is 36.9. The van der Waals surface area contributed by atoms with Crippen LogP contribution in [0.3, 0.4) is 0 Å². The fraction of sp³-hybridized carbons (Fsp3) is 0.978. The third-order valence-corrected chi connectivity index (χ3v) is 11.1. The van der Waals surface area contributed by atoms with Gasteiger partial charge in [0.25, 0.3) is 0 Å². The molecule has 1 saturated heterocycles. The highest BCUT2D eigenvalue weighted by Crippen LogP contribution is 2.21. The van der Waals surface area contributed by atoms with E-state index in [2.05, 4.69) is 27.7 Å². The highest BCUT2D eigenvalue weighted by Gasteiger charge is 2.37. The van der Waals surface area contributed by atoms with Crippen LogP contribution in [0, 0.1) is 5.92 Å². The molecule has 0 aliphatic carbocycles. The standard InChI is InChI=1S/C46H91NO4/c1-5-7-9-11-13-15-17-19-21-23-25-27-29-31-33-35-38-49-44-41-47(46(48)51-40-37-43(3)4)42-45(44)50-39-36-34-32-30-28-26-24-22-20-18-16-14-12-10-8-6-2/h43-45H,5-42H2,1-4H3. The van der Waals surface area contributed by atoms with E-state index in [-0.39, 0.29) is 18.3 Å². The number of ether oxygens (including phenoxy) is 3. The first kappa shape index (κ1) is 48.2. The van der Waals surface area contributed by atoms with Gasteiger partial charge in [-0.1, -0.05) is 220 Å². The third kappa shape index (κ3) is 31.3. The second-order valence-corrected chi connectivity index (χ2v) is 16.6. The molecule has 1 aliphatic heterocycles. The second-order valence-electron chi connectivity index (χ2n) is 16.6. The first-order valence-corrected chi connectivity index (χ1v) is 23.2. The first-order chi connectivity index (χ1) is 25.1. The van der Waals surface area contributed by atoms with Gasteiger partial charge in [-0.2, -0.15) is 0 Å². The zero-order valence-corrected chi connectivity index (χ0v) is 35.2. The Hall–Kier alpha value is -0.810. The van der Waals surface area contributed by atoms with Gasteiger partial charge in [0.15, 0.2) is 0 Å². The number of carbonyl (C=O) groups is 1. The maximum absolute atomic E-state index is 12.8. The Morgan fingerprint density at radius 1 is 0.451 bits per heavy atom. The number of hydrogen-bond acceptors (Lipinski definition) is 4. The number of nitrogens with zero attached hydrogens (tertiary/aromatic N) is 1. The molecule has 0 N–H and O–H groups in total. The van der Waals surface area contributed by atoms with Gasteiger partial charge in [0.1, 0.15) is 12.2 Å². The smallest absolute Gasteiger partial charge is 0.409 e. The summed E-state index contributed by atoms with van der Waals surface area (Å²) < 4.78 is 18.3. The second kappa shape index (κ2) is 37.5. The number of rotatable bonds is 39. The molecule has 1 fully saturated rings. The van der Waals surface area contributed by atoms with Crippen molar-refractivity contribution in [3.05, 3.63) is 0 Å². The van der Waals surface area contributed by atoms with Gasteiger partial charge in [-0.3, -0.25) is 0 Å². The fourth-order valence-corrected chi connectivity index (χ4v) is 7.46. The van der Waals surface area contributed by atoms with E-state index in [1.54, 1.807) is 0 Å². The molecule has 0 spiro atoms. The van der Waals surface area contributed by atoms with E-state index in [0.29, 0.717) is 25.6 Å². The van der Waals surface area contributed by atoms with Crippen LogP contribution in [-0.2, 0) is 14.2 Å². The molecular formula is C46H91NO4. The monoisotopic (exact) mass is 722 g/mol. The lowest BCUT2D eigenvalue weighted by Crippen LogP contribution is -2.31. The summed E-state index contributed by atoms with van der Waals surface area (Å²) >= 11 is 0. The molecule has 0 radical (unpaired) electrons. The summed E-state index contributed by atoms with van der Waals surface area (Å²) in [4.78, 5) is 14.6. The third-order valence-electron chi connectivity index (χ3n) is 11.1. The van der Waals surface area contributed by atoms with Gasteiger partial charge in [-0.25, -0.2) is 4.79 Å². The Morgan fingerprint density at radius 3 is 1.00 bits per heavy atom. The molecule has 1 aliphatic rings. The Labute approximate surface area is 319 Å². The molecule has 1 amide bonds. The minimum atomic E-state index is -0.208. The number of hydrogen-bond donors (Lipinski definition) is 0. The summed E-state index contributed by atoms with van der Waals surface area (Å²) in [6, 6.07) is 0. The Balaban J connectivity index is 2.12. The van der Waals surface area contributed by atoms with E-state index < -0.39 is 0 Å². The van der Waals surface area contributed by atoms with Crippen molar-refractivity contribution in [1.82, 2.24) is 4.90 Å². The van der Waals surface area contributed by atoms with Crippen LogP contribution < -0.4 is 0 Å². The molecule has 304 valence electrons. The predicted octanol–water partition coefficient (Wildman–Crippen LogP) is 14.8. The van der Waals surface area contributed by atoms with Crippen LogP contribution in [0.1, 0.15) is 240 Å². The lowest BCUT2D eigenvalue weighted by molar-refractivity contribution is -0.0481. The number of likely N-dealkylation sites (tertiary alicyclic amines) is 1. The molecule has 0 aromatic carbocycles. The molecule has 1 rings (SSSR count). The molecule has 2 unspecified atom stereocenters. The summed E-state index contributed by atoms with van der Waals surface area (Å²) in [6.07, 6.45) is 44.6. The molecule has 5 heteroatoms. The van der Waals surface area contributed by atoms with Crippen molar-refractivity contribution >= 4 is 6.09 Å². The van der Waals surface area contributed by atoms with E-state index in [1.165, 1.54) is 193 Å². The van der Waals surface area contributed by atoms with Gasteiger partial charge in [0, 0.05) is 13.2 Å². The Kier molecular flexibility index (Phi) is 35.5. The topological polar surface area (TPSA) is 48.0 Å². The van der Waals surface area contributed by atoms with Crippen molar-refractivity contribution in [1.29, 1.82) is 0 Å². The molecule has 0 aromatic rings. The van der Waals surface area contributed by atoms with Gasteiger partial charge in [0.05, 0.1) is 19.7 Å². The average Bonchev–Trinajstić information content (AvgIpc) is 3.53. The van der Waals surface area contributed by atoms with Crippen molar-refractivity contribution in [2.75, 3.05) is 32.9 Å². The molecule has 51 heavy (non-hydrogen) atoms. The average molecular weight is 722 g/mol. The molecule has 2 atom stereocenters. The number of carbonyl (C=O) groups excluding carboxylic acids is 1. The van der Waals surface area contributed by atoms with Crippen LogP contribution in [0.4, 0.5) is 4.79 Å². The molecular weight excluding hydrogens is 631 g/mol. The van der Waals surface area contributed by atoms with Gasteiger partial charge in [0.2, 0.25) is 0 Å². The molecule has 0 bridgehead atoms. The van der Waals surface area contributed by atoms with Crippen LogP contribution in [-0.4, -0.2) is 56.1 Å². The van der Waals surface area contributed by atoms with Crippen LogP contribution >= 0.6 is 0 Å². The van der Waals surface area contributed by atoms with Crippen molar-refractivity contribution < 1.29 is 19.0 Å². The fourth-order valence-electron chi connectivity index (χ4n) is 7.46. The van der Waals surface area contributed by atoms with Gasteiger partial charge in [-0.15, -0.1) is 0 Å². The highest BCUT2D eigenvalue weighted by atomic mass is 16.6. The van der Waals surface area contributed by atoms with Crippen LogP contribution in [0.15, 0.2) is 0 Å². The van der Waals surface area contributed by atoms with Gasteiger partial charge in [-0.05, 0) is 25.2 Å². The summed E-state index contributed by atoms with van der Waals surface area (Å²) in [5, 5.41) is 0. The number of unbranched alkanes of at least 4 members (excludes halogenated alkanes) is 30. The summed E-state index contributed by atoms with van der Waals surface area (Å²) in [5.74, 6) is 0.531. The zero-order valence-electron chi connectivity index (χ0n) is 35.2. The Morgan fingerprint density at radius 2 is 0.725 bits per heavy atom. The predicted molar refractivity (Wildman–Crippen MR) is 221 cm³/mol. The van der Waals surface area contributed by atoms with Crippen LogP contribution in [0.5, 0.6) is 0 Å². The molecule has 0 aromatic heterocycles. The van der Waals surface area contributed by atoms with E-state index >= 15 is 0 Å². The van der Waals surface area contributed by atoms with Crippen molar-refractivity contribution in [2.45, 2.75) is 252 Å². The normalized spacial score (nSPS) is 16.1. The van der Waals surface area contributed by atoms with Crippen molar-refractivity contribution in [3.63, 3.8) is 0 Å². The van der Waals surface area contributed by atoms with Crippen molar-refractivity contribution in [3.8, 4) is 0 Å². The maximum Gasteiger partial charge on any atom is 0.409 e. The summed E-state index contributed by atoms with van der Waals surface area (Å²) in [6.45, 7) is 12.1. The summed E-state index contributed by atoms with van der Waals surface area (Å²) in [5.41, 5.74) is 0. The van der Waals surface area contributed by atoms with E-state index in [0.717, 1.165) is 32.5 Å². The van der Waals surface area contributed by atoms with Crippen LogP contribution in [0.25, 0.3) is 0 Å². The minimum absolute atomic E-state index is 0.0416. The Bertz CT molecular complexity index is 669. The van der Waals surface area contributed by atoms with Crippen LogP contribution in [0.2, 0.25) is 0 Å². The van der Waals surface area contributed by atoms with Crippen molar-refractivity contribution in [2.24, 2.45) is 5.92 Å². The van der Waals surface area contributed by atoms with Gasteiger partial charge >= 0.3 is 6.09 Å². The highest BCUT2D eigenvalue weighted by molar-refractivity contribution is 5.68. The van der Waals surface area contributed by atoms with Gasteiger partial charge < -0.3 is 19.1 Å². The quantitative estimate of drug-likeness (QED) is 0.0593. The lowest BCUT2D eigenvalue weighted by Gasteiger charge is -2.19. The van der Waals surface area contributed by atoms with E-state index in [9.17, 15) is 4.79 Å². The molecule has 1 heterocycles. The molecule has 0 saturated carbocycles. The largest absolute Gasteiger partial charge is 0.449 e. The maximum atomic E-state index is 12.8. The van der Waals surface area contributed by atoms with E-state index in [1.807, 2.05) is 4.90 Å². The van der Waals surface area contributed by atoms with E-state index in [4.69, 9.17) is 14.2 Å². The minimum Gasteiger partial charge on any atom is -0.449 e. The first-order valence-electron chi connectivity index (χ1n) is 23.2.